The predicted molar refractivity (Wildman–Crippen MR) is 87.8 cm³/mol. The number of carbonyl (C=O) groups excluding carboxylic acids is 1. The summed E-state index contributed by atoms with van der Waals surface area (Å²) in [7, 11) is -4.01. The zero-order chi connectivity index (χ0) is 17.2. The summed E-state index contributed by atoms with van der Waals surface area (Å²) in [6, 6.07) is 9.39. The molecule has 124 valence electrons. The number of sulfonamides is 1. The van der Waals surface area contributed by atoms with Gasteiger partial charge in [0.2, 0.25) is 5.91 Å². The molecule has 0 bridgehead atoms. The van der Waals surface area contributed by atoms with Crippen LogP contribution in [0.1, 0.15) is 28.5 Å². The molecule has 0 aliphatic carbocycles. The zero-order valence-corrected chi connectivity index (χ0v) is 14.2. The van der Waals surface area contributed by atoms with Crippen molar-refractivity contribution >= 4 is 27.3 Å². The maximum atomic E-state index is 12.3. The second kappa shape index (κ2) is 6.73. The zero-order valence-electron chi connectivity index (χ0n) is 12.6. The summed E-state index contributed by atoms with van der Waals surface area (Å²) in [5.74, 6) is -0.636. The van der Waals surface area contributed by atoms with Gasteiger partial charge < -0.3 is 4.74 Å². The molecule has 0 unspecified atom stereocenters. The van der Waals surface area contributed by atoms with E-state index in [1.165, 1.54) is 35.6 Å². The molecule has 0 radical (unpaired) electrons. The standard InChI is InChI=1S/C16H14N2O4S2/c17-10-11-2-1-3-13(8-11)24(20,21)18-15(19)9-14-16-12(4-6-22-14)5-7-23-16/h1-3,5,7-8,14H,4,6,9H2,(H,18,19)/t14-/m1/s1. The van der Waals surface area contributed by atoms with Crippen molar-refractivity contribution in [2.45, 2.75) is 23.8 Å². The average molecular weight is 362 g/mol. The first kappa shape index (κ1) is 16.6. The summed E-state index contributed by atoms with van der Waals surface area (Å²) in [6.07, 6.45) is 0.315. The third-order valence-corrected chi connectivity index (χ3v) is 6.08. The number of carbonyl (C=O) groups is 1. The molecule has 1 aliphatic heterocycles. The van der Waals surface area contributed by atoms with Gasteiger partial charge in [-0.05, 0) is 41.6 Å². The Morgan fingerprint density at radius 1 is 1.42 bits per heavy atom. The molecule has 24 heavy (non-hydrogen) atoms. The maximum absolute atomic E-state index is 12.3. The van der Waals surface area contributed by atoms with E-state index in [4.69, 9.17) is 10.00 Å². The fourth-order valence-corrected chi connectivity index (χ4v) is 4.57. The van der Waals surface area contributed by atoms with Crippen LogP contribution in [0, 0.1) is 11.3 Å². The minimum Gasteiger partial charge on any atom is -0.372 e. The highest BCUT2D eigenvalue weighted by Gasteiger charge is 2.27. The molecule has 1 amide bonds. The summed E-state index contributed by atoms with van der Waals surface area (Å²) < 4.78 is 32.2. The molecule has 2 aromatic rings. The summed E-state index contributed by atoms with van der Waals surface area (Å²) in [5.41, 5.74) is 1.36. The third-order valence-electron chi connectivity index (χ3n) is 3.66. The molecule has 0 saturated heterocycles. The molecule has 1 aliphatic rings. The van der Waals surface area contributed by atoms with Crippen LogP contribution >= 0.6 is 11.3 Å². The molecule has 0 fully saturated rings. The Bertz CT molecular complexity index is 912. The topological polar surface area (TPSA) is 96.3 Å². The smallest absolute Gasteiger partial charge is 0.264 e. The van der Waals surface area contributed by atoms with Crippen LogP contribution < -0.4 is 4.72 Å². The third kappa shape index (κ3) is 3.48. The summed E-state index contributed by atoms with van der Waals surface area (Å²) in [5, 5.41) is 10.8. The highest BCUT2D eigenvalue weighted by Crippen LogP contribution is 2.33. The van der Waals surface area contributed by atoms with Gasteiger partial charge in [0.05, 0.1) is 29.6 Å². The Kier molecular flexibility index (Phi) is 4.66. The second-order valence-electron chi connectivity index (χ2n) is 5.29. The minimum atomic E-state index is -4.01. The molecule has 8 heteroatoms. The molecular formula is C16H14N2O4S2. The van der Waals surface area contributed by atoms with E-state index in [1.54, 1.807) is 0 Å². The van der Waals surface area contributed by atoms with Gasteiger partial charge in [0.25, 0.3) is 10.0 Å². The van der Waals surface area contributed by atoms with Gasteiger partial charge in [-0.3, -0.25) is 4.79 Å². The lowest BCUT2D eigenvalue weighted by Gasteiger charge is -2.22. The van der Waals surface area contributed by atoms with Crippen LogP contribution in [0.2, 0.25) is 0 Å². The molecule has 1 N–H and O–H groups in total. The highest BCUT2D eigenvalue weighted by molar-refractivity contribution is 7.90. The summed E-state index contributed by atoms with van der Waals surface area (Å²) >= 11 is 1.50. The molecule has 1 aromatic heterocycles. The van der Waals surface area contributed by atoms with E-state index in [9.17, 15) is 13.2 Å². The van der Waals surface area contributed by atoms with Gasteiger partial charge in [0, 0.05) is 4.88 Å². The van der Waals surface area contributed by atoms with Crippen molar-refractivity contribution in [2.24, 2.45) is 0 Å². The largest absolute Gasteiger partial charge is 0.372 e. The fourth-order valence-electron chi connectivity index (χ4n) is 2.53. The first-order valence-corrected chi connectivity index (χ1v) is 9.59. The van der Waals surface area contributed by atoms with Crippen molar-refractivity contribution in [1.82, 2.24) is 4.72 Å². The number of nitrogens with zero attached hydrogens (tertiary/aromatic N) is 1. The molecule has 2 heterocycles. The van der Waals surface area contributed by atoms with Crippen LogP contribution in [0.5, 0.6) is 0 Å². The number of benzene rings is 1. The molecule has 1 aromatic carbocycles. The van der Waals surface area contributed by atoms with Gasteiger partial charge >= 0.3 is 0 Å². The van der Waals surface area contributed by atoms with Gasteiger partial charge in [-0.15, -0.1) is 11.3 Å². The number of thiophene rings is 1. The van der Waals surface area contributed by atoms with Crippen LogP contribution in [0.3, 0.4) is 0 Å². The number of nitriles is 1. The first-order chi connectivity index (χ1) is 11.5. The molecule has 3 rings (SSSR count). The van der Waals surface area contributed by atoms with Crippen LogP contribution in [0.25, 0.3) is 0 Å². The van der Waals surface area contributed by atoms with E-state index >= 15 is 0 Å². The molecule has 1 atom stereocenters. The lowest BCUT2D eigenvalue weighted by atomic mass is 10.1. The highest BCUT2D eigenvalue weighted by atomic mass is 32.2. The van der Waals surface area contributed by atoms with Crippen molar-refractivity contribution < 1.29 is 17.9 Å². The number of hydrogen-bond donors (Lipinski definition) is 1. The Balaban J connectivity index is 1.72. The normalized spacial score (nSPS) is 16.9. The molecule has 6 nitrogen and oxygen atoms in total. The quantitative estimate of drug-likeness (QED) is 0.899. The van der Waals surface area contributed by atoms with E-state index in [-0.39, 0.29) is 16.9 Å². The van der Waals surface area contributed by atoms with Gasteiger partial charge in [0.15, 0.2) is 0 Å². The van der Waals surface area contributed by atoms with E-state index < -0.39 is 22.0 Å². The van der Waals surface area contributed by atoms with E-state index in [1.807, 2.05) is 22.2 Å². The van der Waals surface area contributed by atoms with E-state index in [0.29, 0.717) is 6.61 Å². The van der Waals surface area contributed by atoms with Gasteiger partial charge in [-0.1, -0.05) is 6.07 Å². The van der Waals surface area contributed by atoms with Gasteiger partial charge in [0.1, 0.15) is 6.10 Å². The van der Waals surface area contributed by atoms with Crippen molar-refractivity contribution in [1.29, 1.82) is 5.26 Å². The van der Waals surface area contributed by atoms with Crippen LogP contribution in [0.4, 0.5) is 0 Å². The van der Waals surface area contributed by atoms with Crippen LogP contribution in [-0.2, 0) is 26.0 Å². The monoisotopic (exact) mass is 362 g/mol. The summed E-state index contributed by atoms with van der Waals surface area (Å²) in [6.45, 7) is 0.513. The number of hydrogen-bond acceptors (Lipinski definition) is 6. The maximum Gasteiger partial charge on any atom is 0.264 e. The van der Waals surface area contributed by atoms with E-state index in [0.717, 1.165) is 16.9 Å². The molecular weight excluding hydrogens is 348 g/mol. The SMILES string of the molecule is N#Cc1cccc(S(=O)(=O)NC(=O)C[C@H]2OCCc3ccsc32)c1. The molecule has 0 spiro atoms. The Hall–Kier alpha value is -2.21. The number of fused-ring (bicyclic) bond motifs is 1. The first-order valence-electron chi connectivity index (χ1n) is 7.23. The van der Waals surface area contributed by atoms with Crippen molar-refractivity contribution in [3.8, 4) is 6.07 Å². The van der Waals surface area contributed by atoms with Crippen LogP contribution in [-0.4, -0.2) is 20.9 Å². The number of nitrogens with one attached hydrogen (secondary N) is 1. The van der Waals surface area contributed by atoms with Crippen LogP contribution in [0.15, 0.2) is 40.6 Å². The predicted octanol–water partition coefficient (Wildman–Crippen LogP) is 2.13. The Morgan fingerprint density at radius 2 is 2.25 bits per heavy atom. The Labute approximate surface area is 143 Å². The van der Waals surface area contributed by atoms with Crippen molar-refractivity contribution in [2.75, 3.05) is 6.61 Å². The average Bonchev–Trinajstić information content (AvgIpc) is 3.04. The fraction of sp³-hybridized carbons (Fsp3) is 0.250. The Morgan fingerprint density at radius 3 is 3.04 bits per heavy atom. The number of ether oxygens (including phenoxy) is 1. The molecule has 0 saturated carbocycles. The lowest BCUT2D eigenvalue weighted by Crippen LogP contribution is -2.32. The van der Waals surface area contributed by atoms with Crippen molar-refractivity contribution in [3.05, 3.63) is 51.7 Å². The lowest BCUT2D eigenvalue weighted by molar-refractivity contribution is -0.122. The number of rotatable bonds is 4. The van der Waals surface area contributed by atoms with E-state index in [2.05, 4.69) is 0 Å². The van der Waals surface area contributed by atoms with Gasteiger partial charge in [-0.25, -0.2) is 13.1 Å². The van der Waals surface area contributed by atoms with Crippen molar-refractivity contribution in [3.63, 3.8) is 0 Å². The second-order valence-corrected chi connectivity index (χ2v) is 7.92. The minimum absolute atomic E-state index is 0.0648. The van der Waals surface area contributed by atoms with Gasteiger partial charge in [-0.2, -0.15) is 5.26 Å². The number of amides is 1. The summed E-state index contributed by atoms with van der Waals surface area (Å²) in [4.78, 5) is 13.0.